The van der Waals surface area contributed by atoms with E-state index in [2.05, 4.69) is 20.1 Å². The Hall–Kier alpha value is -2.48. The summed E-state index contributed by atoms with van der Waals surface area (Å²) in [6.07, 6.45) is 0.574. The molecule has 0 unspecified atom stereocenters. The minimum Gasteiger partial charge on any atom is -0.454 e. The van der Waals surface area contributed by atoms with Crippen LogP contribution in [0.1, 0.15) is 12.0 Å². The van der Waals surface area contributed by atoms with E-state index >= 15 is 0 Å². The first-order valence-electron chi connectivity index (χ1n) is 9.33. The van der Waals surface area contributed by atoms with Gasteiger partial charge in [0.15, 0.2) is 17.5 Å². The summed E-state index contributed by atoms with van der Waals surface area (Å²) in [4.78, 5) is 22.4. The molecule has 1 saturated heterocycles. The van der Waals surface area contributed by atoms with Crippen molar-refractivity contribution in [2.45, 2.75) is 13.0 Å². The third-order valence-corrected chi connectivity index (χ3v) is 4.91. The maximum absolute atomic E-state index is 11.7. The number of aliphatic imine (C=N–C) groups is 1. The molecule has 0 aromatic heterocycles. The lowest BCUT2D eigenvalue weighted by molar-refractivity contribution is -0.129. The number of benzene rings is 1. The second kappa shape index (κ2) is 8.94. The van der Waals surface area contributed by atoms with Crippen molar-refractivity contribution in [1.82, 2.24) is 20.0 Å². The molecule has 0 aliphatic carbocycles. The van der Waals surface area contributed by atoms with Crippen molar-refractivity contribution in [2.75, 3.05) is 60.7 Å². The summed E-state index contributed by atoms with van der Waals surface area (Å²) >= 11 is 0. The maximum Gasteiger partial charge on any atom is 0.231 e. The second-order valence-electron chi connectivity index (χ2n) is 6.96. The van der Waals surface area contributed by atoms with Gasteiger partial charge >= 0.3 is 0 Å². The highest BCUT2D eigenvalue weighted by molar-refractivity contribution is 5.80. The van der Waals surface area contributed by atoms with Gasteiger partial charge in [-0.3, -0.25) is 14.7 Å². The monoisotopic (exact) mass is 375 g/mol. The number of amides is 1. The number of nitrogens with one attached hydrogen (secondary N) is 1. The molecular formula is C19H29N5O3. The number of fused-ring (bicyclic) bond motifs is 1. The molecule has 0 spiro atoms. The standard InChI is InChI=1S/C19H29N5O3/c1-20-19(21-13-15-4-5-16-17(12-15)27-14-26-16)24-10-8-23(9-11-24)7-6-18(25)22(2)3/h4-5,12H,6-11,13-14H2,1-3H3,(H,20,21). The Morgan fingerprint density at radius 2 is 1.93 bits per heavy atom. The Kier molecular flexibility index (Phi) is 6.39. The number of rotatable bonds is 5. The smallest absolute Gasteiger partial charge is 0.231 e. The van der Waals surface area contributed by atoms with Crippen molar-refractivity contribution < 1.29 is 14.3 Å². The largest absolute Gasteiger partial charge is 0.454 e. The molecule has 27 heavy (non-hydrogen) atoms. The molecule has 1 N–H and O–H groups in total. The minimum atomic E-state index is 0.179. The van der Waals surface area contributed by atoms with E-state index < -0.39 is 0 Å². The average molecular weight is 375 g/mol. The predicted octanol–water partition coefficient (Wildman–Crippen LogP) is 0.587. The predicted molar refractivity (Wildman–Crippen MR) is 104 cm³/mol. The van der Waals surface area contributed by atoms with Gasteiger partial charge in [0, 0.05) is 66.8 Å². The fourth-order valence-corrected chi connectivity index (χ4v) is 3.22. The van der Waals surface area contributed by atoms with E-state index in [0.29, 0.717) is 13.0 Å². The highest BCUT2D eigenvalue weighted by Crippen LogP contribution is 2.32. The number of hydrogen-bond acceptors (Lipinski definition) is 5. The second-order valence-corrected chi connectivity index (χ2v) is 6.96. The van der Waals surface area contributed by atoms with Crippen molar-refractivity contribution in [1.29, 1.82) is 0 Å². The molecule has 1 amide bonds. The van der Waals surface area contributed by atoms with E-state index in [1.807, 2.05) is 25.2 Å². The lowest BCUT2D eigenvalue weighted by atomic mass is 10.2. The molecule has 8 heteroatoms. The molecular weight excluding hydrogens is 346 g/mol. The van der Waals surface area contributed by atoms with Crippen LogP contribution in [0, 0.1) is 0 Å². The number of hydrogen-bond donors (Lipinski definition) is 1. The molecule has 1 aromatic carbocycles. The van der Waals surface area contributed by atoms with Gasteiger partial charge in [0.1, 0.15) is 0 Å². The summed E-state index contributed by atoms with van der Waals surface area (Å²) < 4.78 is 10.8. The summed E-state index contributed by atoms with van der Waals surface area (Å²) in [5.41, 5.74) is 1.13. The molecule has 2 aliphatic heterocycles. The van der Waals surface area contributed by atoms with Crippen molar-refractivity contribution in [3.63, 3.8) is 0 Å². The quantitative estimate of drug-likeness (QED) is 0.600. The number of guanidine groups is 1. The van der Waals surface area contributed by atoms with E-state index in [1.54, 1.807) is 19.0 Å². The van der Waals surface area contributed by atoms with E-state index in [9.17, 15) is 4.79 Å². The zero-order valence-electron chi connectivity index (χ0n) is 16.4. The van der Waals surface area contributed by atoms with Crippen molar-refractivity contribution in [3.8, 4) is 11.5 Å². The van der Waals surface area contributed by atoms with Crippen LogP contribution < -0.4 is 14.8 Å². The number of nitrogens with zero attached hydrogens (tertiary/aromatic N) is 4. The fourth-order valence-electron chi connectivity index (χ4n) is 3.22. The fraction of sp³-hybridized carbons (Fsp3) is 0.579. The zero-order chi connectivity index (χ0) is 19.2. The minimum absolute atomic E-state index is 0.179. The lowest BCUT2D eigenvalue weighted by Gasteiger charge is -2.36. The zero-order valence-corrected chi connectivity index (χ0v) is 16.4. The van der Waals surface area contributed by atoms with Gasteiger partial charge in [-0.15, -0.1) is 0 Å². The van der Waals surface area contributed by atoms with Crippen LogP contribution >= 0.6 is 0 Å². The van der Waals surface area contributed by atoms with E-state index in [-0.39, 0.29) is 12.7 Å². The van der Waals surface area contributed by atoms with Crippen LogP contribution in [0.15, 0.2) is 23.2 Å². The highest BCUT2D eigenvalue weighted by atomic mass is 16.7. The summed E-state index contributed by atoms with van der Waals surface area (Å²) in [6, 6.07) is 5.98. The maximum atomic E-state index is 11.7. The van der Waals surface area contributed by atoms with Crippen LogP contribution in [0.2, 0.25) is 0 Å². The molecule has 3 rings (SSSR count). The van der Waals surface area contributed by atoms with Gasteiger partial charge in [0.2, 0.25) is 12.7 Å². The number of carbonyl (C=O) groups excluding carboxylic acids is 1. The SMILES string of the molecule is CN=C(NCc1ccc2c(c1)OCO2)N1CCN(CCC(=O)N(C)C)CC1. The molecule has 148 valence electrons. The Balaban J connectivity index is 1.44. The van der Waals surface area contributed by atoms with E-state index in [4.69, 9.17) is 9.47 Å². The van der Waals surface area contributed by atoms with Gasteiger partial charge in [-0.05, 0) is 17.7 Å². The van der Waals surface area contributed by atoms with Crippen molar-refractivity contribution >= 4 is 11.9 Å². The van der Waals surface area contributed by atoms with Gasteiger partial charge in [0.25, 0.3) is 0 Å². The van der Waals surface area contributed by atoms with Gasteiger partial charge < -0.3 is 24.6 Å². The average Bonchev–Trinajstić information content (AvgIpc) is 3.15. The van der Waals surface area contributed by atoms with Crippen LogP contribution in [0.5, 0.6) is 11.5 Å². The van der Waals surface area contributed by atoms with Crippen LogP contribution in [-0.2, 0) is 11.3 Å². The van der Waals surface area contributed by atoms with Crippen LogP contribution in [0.3, 0.4) is 0 Å². The van der Waals surface area contributed by atoms with Crippen LogP contribution in [-0.4, -0.2) is 87.2 Å². The summed E-state index contributed by atoms with van der Waals surface area (Å²) in [5, 5.41) is 3.43. The first-order chi connectivity index (χ1) is 13.1. The van der Waals surface area contributed by atoms with Crippen LogP contribution in [0.25, 0.3) is 0 Å². The summed E-state index contributed by atoms with van der Waals surface area (Å²) in [5.74, 6) is 2.67. The van der Waals surface area contributed by atoms with Crippen molar-refractivity contribution in [2.24, 2.45) is 4.99 Å². The lowest BCUT2D eigenvalue weighted by Crippen LogP contribution is -2.52. The molecule has 1 fully saturated rings. The van der Waals surface area contributed by atoms with Crippen molar-refractivity contribution in [3.05, 3.63) is 23.8 Å². The van der Waals surface area contributed by atoms with E-state index in [0.717, 1.165) is 55.7 Å². The molecule has 0 radical (unpaired) electrons. The topological polar surface area (TPSA) is 69.6 Å². The highest BCUT2D eigenvalue weighted by Gasteiger charge is 2.20. The Morgan fingerprint density at radius 3 is 2.63 bits per heavy atom. The van der Waals surface area contributed by atoms with Gasteiger partial charge in [-0.2, -0.15) is 0 Å². The molecule has 8 nitrogen and oxygen atoms in total. The Labute approximate surface area is 160 Å². The van der Waals surface area contributed by atoms with Crippen LogP contribution in [0.4, 0.5) is 0 Å². The molecule has 0 atom stereocenters. The molecule has 0 saturated carbocycles. The third kappa shape index (κ3) is 5.03. The Morgan fingerprint density at radius 1 is 1.19 bits per heavy atom. The molecule has 2 aliphatic rings. The number of ether oxygens (including phenoxy) is 2. The Bertz CT molecular complexity index is 684. The number of piperazine rings is 1. The summed E-state index contributed by atoms with van der Waals surface area (Å²) in [7, 11) is 5.41. The van der Waals surface area contributed by atoms with Gasteiger partial charge in [0.05, 0.1) is 0 Å². The first kappa shape index (κ1) is 19.3. The van der Waals surface area contributed by atoms with Gasteiger partial charge in [-0.1, -0.05) is 6.07 Å². The van der Waals surface area contributed by atoms with E-state index in [1.165, 1.54) is 0 Å². The summed E-state index contributed by atoms with van der Waals surface area (Å²) in [6.45, 7) is 5.46. The third-order valence-electron chi connectivity index (χ3n) is 4.91. The molecule has 0 bridgehead atoms. The van der Waals surface area contributed by atoms with Gasteiger partial charge in [-0.25, -0.2) is 0 Å². The first-order valence-corrected chi connectivity index (χ1v) is 9.33. The molecule has 1 aromatic rings. The molecule has 2 heterocycles. The normalized spacial score (nSPS) is 17.1. The number of carbonyl (C=O) groups is 1.